The minimum Gasteiger partial charge on any atom is -0.355 e. The number of carbonyl (C=O) groups excluding carboxylic acids is 1. The van der Waals surface area contributed by atoms with Crippen molar-refractivity contribution in [1.82, 2.24) is 15.3 Å². The molecule has 0 unspecified atom stereocenters. The fraction of sp³-hybridized carbons (Fsp3) is 0.562. The minimum absolute atomic E-state index is 0. The van der Waals surface area contributed by atoms with E-state index >= 15 is 0 Å². The highest BCUT2D eigenvalue weighted by Gasteiger charge is 2.19. The summed E-state index contributed by atoms with van der Waals surface area (Å²) >= 11 is 3.10. The number of nitrogens with zero attached hydrogens (tertiary/aromatic N) is 1. The van der Waals surface area contributed by atoms with Crippen molar-refractivity contribution in [2.45, 2.75) is 37.9 Å². The number of halogens is 1. The number of nitrogens with two attached hydrogens (primary N) is 1. The Bertz CT molecular complexity index is 790. The van der Waals surface area contributed by atoms with Gasteiger partial charge < -0.3 is 16.0 Å². The van der Waals surface area contributed by atoms with Crippen molar-refractivity contribution in [3.63, 3.8) is 0 Å². The van der Waals surface area contributed by atoms with Crippen LogP contribution in [-0.4, -0.2) is 34.7 Å². The third-order valence-corrected chi connectivity index (χ3v) is 6.18. The van der Waals surface area contributed by atoms with E-state index in [1.54, 1.807) is 11.3 Å². The molecule has 0 aliphatic heterocycles. The van der Waals surface area contributed by atoms with Crippen LogP contribution in [0.3, 0.4) is 0 Å². The van der Waals surface area contributed by atoms with E-state index in [4.69, 9.17) is 5.73 Å². The molecule has 1 amide bonds. The number of carbonyl (C=O) groups is 1. The largest absolute Gasteiger partial charge is 0.355 e. The van der Waals surface area contributed by atoms with Gasteiger partial charge in [0.15, 0.2) is 0 Å². The zero-order valence-electron chi connectivity index (χ0n) is 13.9. The Morgan fingerprint density at radius 2 is 2.16 bits per heavy atom. The Hall–Kier alpha value is -1.09. The molecule has 3 rings (SSSR count). The van der Waals surface area contributed by atoms with Crippen LogP contribution in [0.1, 0.15) is 35.5 Å². The molecule has 138 valence electrons. The van der Waals surface area contributed by atoms with E-state index in [0.717, 1.165) is 35.9 Å². The topological polar surface area (TPSA) is 101 Å². The lowest BCUT2D eigenvalue weighted by molar-refractivity contribution is -0.118. The van der Waals surface area contributed by atoms with Crippen molar-refractivity contribution in [1.29, 1.82) is 0 Å². The quantitative estimate of drug-likeness (QED) is 0.615. The van der Waals surface area contributed by atoms with Gasteiger partial charge in [0.2, 0.25) is 5.91 Å². The van der Waals surface area contributed by atoms with Crippen LogP contribution >= 0.6 is 35.5 Å². The highest BCUT2D eigenvalue weighted by atomic mass is 35.5. The molecule has 1 aliphatic carbocycles. The highest BCUT2D eigenvalue weighted by Crippen LogP contribution is 2.33. The summed E-state index contributed by atoms with van der Waals surface area (Å²) in [7, 11) is 0. The first-order chi connectivity index (χ1) is 11.7. The molecule has 6 nitrogen and oxygen atoms in total. The summed E-state index contributed by atoms with van der Waals surface area (Å²) in [5.41, 5.74) is 6.55. The smallest absolute Gasteiger partial charge is 0.259 e. The van der Waals surface area contributed by atoms with Crippen LogP contribution in [0.2, 0.25) is 0 Å². The molecule has 2 aromatic heterocycles. The predicted octanol–water partition coefficient (Wildman–Crippen LogP) is 1.98. The monoisotopic (exact) mass is 402 g/mol. The second kappa shape index (κ2) is 9.56. The molecular weight excluding hydrogens is 380 g/mol. The lowest BCUT2D eigenvalue weighted by Crippen LogP contribution is -2.27. The molecule has 4 N–H and O–H groups in total. The number of aromatic nitrogens is 2. The normalized spacial score (nSPS) is 13.3. The van der Waals surface area contributed by atoms with Crippen molar-refractivity contribution < 1.29 is 4.79 Å². The summed E-state index contributed by atoms with van der Waals surface area (Å²) < 4.78 is 0. The van der Waals surface area contributed by atoms with Crippen LogP contribution in [0.4, 0.5) is 0 Å². The van der Waals surface area contributed by atoms with Crippen LogP contribution in [0.5, 0.6) is 0 Å². The van der Waals surface area contributed by atoms with Crippen molar-refractivity contribution >= 4 is 51.6 Å². The average molecular weight is 403 g/mol. The summed E-state index contributed by atoms with van der Waals surface area (Å²) in [5.74, 6) is 1.51. The molecule has 2 aromatic rings. The molecule has 0 atom stereocenters. The fourth-order valence-corrected chi connectivity index (χ4v) is 4.90. The average Bonchev–Trinajstić information content (AvgIpc) is 2.94. The Morgan fingerprint density at radius 1 is 1.36 bits per heavy atom. The van der Waals surface area contributed by atoms with Gasteiger partial charge >= 0.3 is 0 Å². The van der Waals surface area contributed by atoms with Gasteiger partial charge in [0.25, 0.3) is 5.56 Å². The van der Waals surface area contributed by atoms with Crippen molar-refractivity contribution in [3.05, 3.63) is 26.6 Å². The van der Waals surface area contributed by atoms with Gasteiger partial charge in [-0.1, -0.05) is 0 Å². The number of H-pyrrole nitrogens is 1. The molecule has 0 aromatic carbocycles. The number of hydrogen-bond acceptors (Lipinski definition) is 6. The van der Waals surface area contributed by atoms with Gasteiger partial charge in [-0.05, 0) is 44.2 Å². The number of fused-ring (bicyclic) bond motifs is 3. The maximum absolute atomic E-state index is 12.4. The van der Waals surface area contributed by atoms with Crippen molar-refractivity contribution in [2.24, 2.45) is 5.73 Å². The van der Waals surface area contributed by atoms with Crippen LogP contribution in [-0.2, 0) is 23.4 Å². The molecule has 0 radical (unpaired) electrons. The SMILES string of the molecule is Cl.NCCCNC(=O)CSCc1nc2sc3c(c2c(=O)[nH]1)CCCC3. The molecule has 9 heteroatoms. The van der Waals surface area contributed by atoms with Crippen LogP contribution in [0, 0.1) is 0 Å². The lowest BCUT2D eigenvalue weighted by atomic mass is 9.97. The molecule has 0 fully saturated rings. The molecule has 0 saturated carbocycles. The molecule has 2 heterocycles. The van der Waals surface area contributed by atoms with Gasteiger partial charge in [0, 0.05) is 11.4 Å². The van der Waals surface area contributed by atoms with Crippen molar-refractivity contribution in [2.75, 3.05) is 18.8 Å². The Balaban J connectivity index is 0.00000225. The Labute approximate surface area is 160 Å². The van der Waals surface area contributed by atoms with Gasteiger partial charge in [-0.2, -0.15) is 0 Å². The molecule has 0 saturated heterocycles. The summed E-state index contributed by atoms with van der Waals surface area (Å²) in [4.78, 5) is 33.7. The van der Waals surface area contributed by atoms with E-state index in [1.165, 1.54) is 28.6 Å². The number of aryl methyl sites for hydroxylation is 2. The first-order valence-electron chi connectivity index (χ1n) is 8.27. The van der Waals surface area contributed by atoms with Crippen LogP contribution in [0.25, 0.3) is 10.2 Å². The minimum atomic E-state index is -0.0394. The zero-order chi connectivity index (χ0) is 16.9. The molecular formula is C16H23ClN4O2S2. The summed E-state index contributed by atoms with van der Waals surface area (Å²) in [6, 6.07) is 0. The summed E-state index contributed by atoms with van der Waals surface area (Å²) in [6.07, 6.45) is 5.17. The summed E-state index contributed by atoms with van der Waals surface area (Å²) in [6.45, 7) is 1.18. The van der Waals surface area contributed by atoms with Crippen LogP contribution < -0.4 is 16.6 Å². The molecule has 0 spiro atoms. The molecule has 0 bridgehead atoms. The lowest BCUT2D eigenvalue weighted by Gasteiger charge is -2.09. The summed E-state index contributed by atoms with van der Waals surface area (Å²) in [5, 5.41) is 3.59. The van der Waals surface area contributed by atoms with Crippen molar-refractivity contribution in [3.8, 4) is 0 Å². The Morgan fingerprint density at radius 3 is 2.96 bits per heavy atom. The highest BCUT2D eigenvalue weighted by molar-refractivity contribution is 7.99. The maximum atomic E-state index is 12.4. The third-order valence-electron chi connectivity index (χ3n) is 4.05. The van der Waals surface area contributed by atoms with E-state index in [9.17, 15) is 9.59 Å². The number of rotatable bonds is 7. The van der Waals surface area contributed by atoms with Gasteiger partial charge in [0.1, 0.15) is 10.7 Å². The second-order valence-corrected chi connectivity index (χ2v) is 7.96. The van der Waals surface area contributed by atoms with E-state index in [1.807, 2.05) is 0 Å². The number of amides is 1. The number of thioether (sulfide) groups is 1. The van der Waals surface area contributed by atoms with Gasteiger partial charge in [-0.25, -0.2) is 4.98 Å². The van der Waals surface area contributed by atoms with Gasteiger partial charge in [0.05, 0.1) is 16.9 Å². The van der Waals surface area contributed by atoms with Gasteiger partial charge in [-0.3, -0.25) is 9.59 Å². The number of hydrogen-bond donors (Lipinski definition) is 3. The van der Waals surface area contributed by atoms with Crippen LogP contribution in [0.15, 0.2) is 4.79 Å². The predicted molar refractivity (Wildman–Crippen MR) is 107 cm³/mol. The van der Waals surface area contributed by atoms with E-state index in [-0.39, 0.29) is 23.9 Å². The molecule has 25 heavy (non-hydrogen) atoms. The maximum Gasteiger partial charge on any atom is 0.259 e. The zero-order valence-corrected chi connectivity index (χ0v) is 16.4. The van der Waals surface area contributed by atoms with E-state index in [0.29, 0.717) is 30.4 Å². The number of nitrogens with one attached hydrogen (secondary N) is 2. The third kappa shape index (κ3) is 4.97. The van der Waals surface area contributed by atoms with E-state index in [2.05, 4.69) is 15.3 Å². The first-order valence-corrected chi connectivity index (χ1v) is 10.2. The number of aromatic amines is 1. The fourth-order valence-electron chi connectivity index (χ4n) is 2.90. The first kappa shape index (κ1) is 20.2. The number of thiophene rings is 1. The molecule has 1 aliphatic rings. The second-order valence-electron chi connectivity index (χ2n) is 5.89. The standard InChI is InChI=1S/C16H22N4O2S2.ClH/c17-6-3-7-18-13(21)9-23-8-12-19-15(22)14-10-4-1-2-5-11(10)24-16(14)20-12;/h1-9,17H2,(H,18,21)(H,19,20,22);1H. The Kier molecular flexibility index (Phi) is 7.74. The van der Waals surface area contributed by atoms with E-state index < -0.39 is 0 Å². The van der Waals surface area contributed by atoms with Gasteiger partial charge in [-0.15, -0.1) is 35.5 Å².